The molecule has 0 aliphatic carbocycles. The van der Waals surface area contributed by atoms with E-state index in [1.807, 2.05) is 6.07 Å². The van der Waals surface area contributed by atoms with Gasteiger partial charge in [0.2, 0.25) is 0 Å². The first-order valence-corrected chi connectivity index (χ1v) is 8.07. The number of benzene rings is 2. The SMILES string of the molecule is Cc1ccc(NCc2cccc(OCCC(C)C)c2)c(C)c1. The number of aryl methyl sites for hydroxylation is 2. The lowest BCUT2D eigenvalue weighted by Crippen LogP contribution is -2.03. The molecule has 2 nitrogen and oxygen atoms in total. The average molecular weight is 297 g/mol. The minimum absolute atomic E-state index is 0.675. The fraction of sp³-hybridized carbons (Fsp3) is 0.400. The Morgan fingerprint density at radius 2 is 1.86 bits per heavy atom. The first kappa shape index (κ1) is 16.4. The van der Waals surface area contributed by atoms with Gasteiger partial charge in [0.1, 0.15) is 5.75 Å². The second-order valence-corrected chi connectivity index (χ2v) is 6.35. The van der Waals surface area contributed by atoms with Crippen molar-refractivity contribution in [3.05, 3.63) is 59.2 Å². The minimum Gasteiger partial charge on any atom is -0.494 e. The molecule has 0 unspecified atom stereocenters. The number of anilines is 1. The van der Waals surface area contributed by atoms with Crippen LogP contribution in [0, 0.1) is 19.8 Å². The lowest BCUT2D eigenvalue weighted by atomic mass is 10.1. The van der Waals surface area contributed by atoms with Crippen LogP contribution >= 0.6 is 0 Å². The zero-order valence-corrected chi connectivity index (χ0v) is 14.1. The molecule has 0 spiro atoms. The van der Waals surface area contributed by atoms with Gasteiger partial charge < -0.3 is 10.1 Å². The summed E-state index contributed by atoms with van der Waals surface area (Å²) in [6.45, 7) is 10.3. The zero-order chi connectivity index (χ0) is 15.9. The van der Waals surface area contributed by atoms with E-state index in [0.29, 0.717) is 5.92 Å². The zero-order valence-electron chi connectivity index (χ0n) is 14.1. The quantitative estimate of drug-likeness (QED) is 0.744. The first-order valence-electron chi connectivity index (χ1n) is 8.07. The van der Waals surface area contributed by atoms with Crippen molar-refractivity contribution >= 4 is 5.69 Å². The molecule has 0 aliphatic rings. The maximum Gasteiger partial charge on any atom is 0.119 e. The van der Waals surface area contributed by atoms with Crippen molar-refractivity contribution in [3.8, 4) is 5.75 Å². The number of nitrogens with one attached hydrogen (secondary N) is 1. The fourth-order valence-electron chi connectivity index (χ4n) is 2.37. The van der Waals surface area contributed by atoms with E-state index in [1.54, 1.807) is 0 Å². The summed E-state index contributed by atoms with van der Waals surface area (Å²) in [7, 11) is 0. The van der Waals surface area contributed by atoms with Crippen molar-refractivity contribution in [1.29, 1.82) is 0 Å². The molecule has 22 heavy (non-hydrogen) atoms. The van der Waals surface area contributed by atoms with Gasteiger partial charge in [0.25, 0.3) is 0 Å². The highest BCUT2D eigenvalue weighted by molar-refractivity contribution is 5.52. The molecule has 0 radical (unpaired) electrons. The fourth-order valence-corrected chi connectivity index (χ4v) is 2.37. The van der Waals surface area contributed by atoms with Gasteiger partial charge in [-0.15, -0.1) is 0 Å². The Balaban J connectivity index is 1.92. The van der Waals surface area contributed by atoms with Gasteiger partial charge in [0.15, 0.2) is 0 Å². The van der Waals surface area contributed by atoms with Crippen LogP contribution in [0.2, 0.25) is 0 Å². The van der Waals surface area contributed by atoms with Crippen LogP contribution in [0.3, 0.4) is 0 Å². The molecule has 1 N–H and O–H groups in total. The van der Waals surface area contributed by atoms with E-state index in [0.717, 1.165) is 25.3 Å². The van der Waals surface area contributed by atoms with Gasteiger partial charge in [-0.25, -0.2) is 0 Å². The Morgan fingerprint density at radius 3 is 2.59 bits per heavy atom. The van der Waals surface area contributed by atoms with Crippen LogP contribution in [-0.4, -0.2) is 6.61 Å². The van der Waals surface area contributed by atoms with E-state index >= 15 is 0 Å². The van der Waals surface area contributed by atoms with Crippen molar-refractivity contribution in [1.82, 2.24) is 0 Å². The van der Waals surface area contributed by atoms with E-state index in [4.69, 9.17) is 4.74 Å². The third kappa shape index (κ3) is 5.10. The Kier molecular flexibility index (Phi) is 5.88. The smallest absolute Gasteiger partial charge is 0.119 e. The molecule has 0 atom stereocenters. The van der Waals surface area contributed by atoms with Gasteiger partial charge in [0, 0.05) is 12.2 Å². The molecule has 0 saturated heterocycles. The Labute approximate surface area is 134 Å². The molecule has 2 aromatic carbocycles. The van der Waals surface area contributed by atoms with Crippen molar-refractivity contribution < 1.29 is 4.74 Å². The molecule has 0 fully saturated rings. The van der Waals surface area contributed by atoms with Crippen molar-refractivity contribution in [2.75, 3.05) is 11.9 Å². The summed E-state index contributed by atoms with van der Waals surface area (Å²) in [5, 5.41) is 3.50. The highest BCUT2D eigenvalue weighted by Crippen LogP contribution is 2.19. The van der Waals surface area contributed by atoms with Gasteiger partial charge >= 0.3 is 0 Å². The van der Waals surface area contributed by atoms with Gasteiger partial charge in [-0.05, 0) is 55.5 Å². The first-order chi connectivity index (χ1) is 10.5. The van der Waals surface area contributed by atoms with Crippen LogP contribution in [0.5, 0.6) is 5.75 Å². The Hall–Kier alpha value is -1.96. The predicted molar refractivity (Wildman–Crippen MR) is 94.6 cm³/mol. The second-order valence-electron chi connectivity index (χ2n) is 6.35. The monoisotopic (exact) mass is 297 g/mol. The largest absolute Gasteiger partial charge is 0.494 e. The summed E-state index contributed by atoms with van der Waals surface area (Å²) in [5.74, 6) is 1.63. The highest BCUT2D eigenvalue weighted by atomic mass is 16.5. The van der Waals surface area contributed by atoms with Crippen LogP contribution in [0.25, 0.3) is 0 Å². The molecule has 2 heteroatoms. The summed E-state index contributed by atoms with van der Waals surface area (Å²) in [5.41, 5.74) is 5.01. The van der Waals surface area contributed by atoms with Crippen LogP contribution < -0.4 is 10.1 Å². The summed E-state index contributed by atoms with van der Waals surface area (Å²) in [6, 6.07) is 14.8. The third-order valence-corrected chi connectivity index (χ3v) is 3.73. The summed E-state index contributed by atoms with van der Waals surface area (Å²) in [6.07, 6.45) is 1.09. The molecule has 0 saturated carbocycles. The molecule has 0 aromatic heterocycles. The minimum atomic E-state index is 0.675. The molecule has 0 aliphatic heterocycles. The predicted octanol–water partition coefficient (Wildman–Crippen LogP) is 5.34. The van der Waals surface area contributed by atoms with E-state index in [1.165, 1.54) is 22.4 Å². The second kappa shape index (κ2) is 7.88. The summed E-state index contributed by atoms with van der Waals surface area (Å²) in [4.78, 5) is 0. The molecule has 0 bridgehead atoms. The summed E-state index contributed by atoms with van der Waals surface area (Å²) < 4.78 is 5.82. The van der Waals surface area contributed by atoms with Crippen molar-refractivity contribution in [2.24, 2.45) is 5.92 Å². The van der Waals surface area contributed by atoms with Crippen molar-refractivity contribution in [2.45, 2.75) is 40.7 Å². The lowest BCUT2D eigenvalue weighted by molar-refractivity contribution is 0.289. The number of rotatable bonds is 7. The molecule has 2 rings (SSSR count). The van der Waals surface area contributed by atoms with Gasteiger partial charge in [-0.3, -0.25) is 0 Å². The summed E-state index contributed by atoms with van der Waals surface area (Å²) >= 11 is 0. The Morgan fingerprint density at radius 1 is 1.05 bits per heavy atom. The van der Waals surface area contributed by atoms with Gasteiger partial charge in [-0.1, -0.05) is 43.7 Å². The van der Waals surface area contributed by atoms with E-state index in [9.17, 15) is 0 Å². The standard InChI is InChI=1S/C20H27NO/c1-15(2)10-11-22-19-7-5-6-18(13-19)14-21-20-9-8-16(3)12-17(20)4/h5-9,12-13,15,21H,10-11,14H2,1-4H3. The third-order valence-electron chi connectivity index (χ3n) is 3.73. The van der Waals surface area contributed by atoms with Gasteiger partial charge in [-0.2, -0.15) is 0 Å². The van der Waals surface area contributed by atoms with E-state index in [-0.39, 0.29) is 0 Å². The number of hydrogen-bond donors (Lipinski definition) is 1. The van der Waals surface area contributed by atoms with E-state index in [2.05, 4.69) is 69.4 Å². The molecule has 0 amide bonds. The van der Waals surface area contributed by atoms with Crippen LogP contribution in [-0.2, 0) is 6.54 Å². The lowest BCUT2D eigenvalue weighted by Gasteiger charge is -2.12. The van der Waals surface area contributed by atoms with Crippen LogP contribution in [0.1, 0.15) is 37.0 Å². The Bertz CT molecular complexity index is 604. The molecular weight excluding hydrogens is 270 g/mol. The van der Waals surface area contributed by atoms with E-state index < -0.39 is 0 Å². The van der Waals surface area contributed by atoms with Crippen LogP contribution in [0.15, 0.2) is 42.5 Å². The molecule has 2 aromatic rings. The number of hydrogen-bond acceptors (Lipinski definition) is 2. The topological polar surface area (TPSA) is 21.3 Å². The normalized spacial score (nSPS) is 10.8. The van der Waals surface area contributed by atoms with Crippen molar-refractivity contribution in [3.63, 3.8) is 0 Å². The molecule has 118 valence electrons. The van der Waals surface area contributed by atoms with Gasteiger partial charge in [0.05, 0.1) is 6.61 Å². The van der Waals surface area contributed by atoms with Crippen LogP contribution in [0.4, 0.5) is 5.69 Å². The molecule has 0 heterocycles. The molecular formula is C20H27NO. The maximum absolute atomic E-state index is 5.82. The number of ether oxygens (including phenoxy) is 1. The maximum atomic E-state index is 5.82. The highest BCUT2D eigenvalue weighted by Gasteiger charge is 2.01. The average Bonchev–Trinajstić information content (AvgIpc) is 2.46.